The molecular weight excluding hydrogens is 336 g/mol. The zero-order valence-electron chi connectivity index (χ0n) is 14.9. The predicted octanol–water partition coefficient (Wildman–Crippen LogP) is 3.92. The lowest BCUT2D eigenvalue weighted by Crippen LogP contribution is -2.33. The molecule has 0 bridgehead atoms. The number of para-hydroxylation sites is 1. The number of nitrogens with zero attached hydrogens (tertiary/aromatic N) is 3. The maximum Gasteiger partial charge on any atom is 0.255 e. The molecule has 0 fully saturated rings. The van der Waals surface area contributed by atoms with Gasteiger partial charge in [0, 0.05) is 60.3 Å². The van der Waals surface area contributed by atoms with E-state index < -0.39 is 0 Å². The van der Waals surface area contributed by atoms with Crippen molar-refractivity contribution in [3.63, 3.8) is 0 Å². The summed E-state index contributed by atoms with van der Waals surface area (Å²) >= 11 is 0. The number of nitrogens with one attached hydrogen (secondary N) is 1. The maximum absolute atomic E-state index is 12.4. The number of aromatic amines is 1. The first-order valence-corrected chi connectivity index (χ1v) is 8.98. The number of hydrogen-bond donors (Lipinski definition) is 1. The molecule has 0 atom stereocenters. The van der Waals surface area contributed by atoms with Gasteiger partial charge in [0.2, 0.25) is 0 Å². The van der Waals surface area contributed by atoms with Gasteiger partial charge in [0.15, 0.2) is 0 Å². The van der Waals surface area contributed by atoms with Crippen molar-refractivity contribution in [2.45, 2.75) is 6.42 Å². The Bertz CT molecular complexity index is 1180. The molecule has 3 aromatic heterocycles. The second kappa shape index (κ2) is 6.06. The molecule has 1 N–H and O–H groups in total. The summed E-state index contributed by atoms with van der Waals surface area (Å²) in [6.07, 6.45) is 4.50. The molecule has 5 rings (SSSR count). The van der Waals surface area contributed by atoms with Crippen LogP contribution in [0.5, 0.6) is 0 Å². The quantitative estimate of drug-likeness (QED) is 0.593. The third kappa shape index (κ3) is 2.68. The fourth-order valence-corrected chi connectivity index (χ4v) is 3.59. The number of hydrogen-bond acceptors (Lipinski definition) is 3. The number of pyridine rings is 2. The Labute approximate surface area is 156 Å². The Hall–Kier alpha value is -3.47. The fourth-order valence-electron chi connectivity index (χ4n) is 3.59. The van der Waals surface area contributed by atoms with Gasteiger partial charge in [-0.25, -0.2) is 0 Å². The summed E-state index contributed by atoms with van der Waals surface area (Å²) in [4.78, 5) is 26.6. The summed E-state index contributed by atoms with van der Waals surface area (Å²) in [6, 6.07) is 16.1. The van der Waals surface area contributed by atoms with Crippen molar-refractivity contribution in [1.82, 2.24) is 19.9 Å². The van der Waals surface area contributed by atoms with Crippen molar-refractivity contribution in [3.05, 3.63) is 72.2 Å². The molecule has 0 saturated heterocycles. The highest BCUT2D eigenvalue weighted by Crippen LogP contribution is 2.28. The molecule has 0 unspecified atom stereocenters. The first-order chi connectivity index (χ1) is 13.2. The average Bonchev–Trinajstić information content (AvgIpc) is 3.16. The number of carbonyl (C=O) groups is 1. The van der Waals surface area contributed by atoms with Crippen LogP contribution in [0.3, 0.4) is 0 Å². The SMILES string of the molecule is CN1CCc2[nH]c(-c3ccnc(-c4cnc5ccccc5c4)c3)cc2C1=O. The minimum absolute atomic E-state index is 0.0757. The van der Waals surface area contributed by atoms with E-state index in [2.05, 4.69) is 27.1 Å². The van der Waals surface area contributed by atoms with Gasteiger partial charge in [0.05, 0.1) is 16.8 Å². The molecule has 0 radical (unpaired) electrons. The van der Waals surface area contributed by atoms with E-state index in [1.54, 1.807) is 11.1 Å². The third-order valence-electron chi connectivity index (χ3n) is 5.13. The normalized spacial score (nSPS) is 13.8. The molecule has 5 heteroatoms. The van der Waals surface area contributed by atoms with Crippen molar-refractivity contribution in [1.29, 1.82) is 0 Å². The van der Waals surface area contributed by atoms with E-state index >= 15 is 0 Å². The topological polar surface area (TPSA) is 61.9 Å². The van der Waals surface area contributed by atoms with E-state index in [9.17, 15) is 4.79 Å². The van der Waals surface area contributed by atoms with Crippen molar-refractivity contribution in [2.24, 2.45) is 0 Å². The van der Waals surface area contributed by atoms with Crippen molar-refractivity contribution in [3.8, 4) is 22.5 Å². The molecule has 132 valence electrons. The van der Waals surface area contributed by atoms with E-state index in [0.717, 1.165) is 57.6 Å². The van der Waals surface area contributed by atoms with Crippen LogP contribution in [0, 0.1) is 0 Å². The van der Waals surface area contributed by atoms with E-state index in [4.69, 9.17) is 0 Å². The van der Waals surface area contributed by atoms with Crippen LogP contribution in [0.25, 0.3) is 33.4 Å². The van der Waals surface area contributed by atoms with Gasteiger partial charge in [-0.2, -0.15) is 0 Å². The fraction of sp³-hybridized carbons (Fsp3) is 0.136. The number of carbonyl (C=O) groups excluding carboxylic acids is 1. The second-order valence-corrected chi connectivity index (χ2v) is 6.90. The molecule has 1 aliphatic heterocycles. The Morgan fingerprint density at radius 1 is 1.04 bits per heavy atom. The van der Waals surface area contributed by atoms with Crippen molar-refractivity contribution >= 4 is 16.8 Å². The van der Waals surface area contributed by atoms with Crippen LogP contribution in [0.4, 0.5) is 0 Å². The highest BCUT2D eigenvalue weighted by Gasteiger charge is 2.24. The molecule has 4 heterocycles. The molecule has 1 amide bonds. The Kier molecular flexibility index (Phi) is 3.53. The monoisotopic (exact) mass is 354 g/mol. The third-order valence-corrected chi connectivity index (χ3v) is 5.13. The molecule has 27 heavy (non-hydrogen) atoms. The van der Waals surface area contributed by atoms with Gasteiger partial charge in [-0.15, -0.1) is 0 Å². The predicted molar refractivity (Wildman–Crippen MR) is 105 cm³/mol. The largest absolute Gasteiger partial charge is 0.358 e. The number of likely N-dealkylation sites (N-methyl/N-ethyl adjacent to an activating group) is 1. The highest BCUT2D eigenvalue weighted by molar-refractivity contribution is 5.97. The van der Waals surface area contributed by atoms with Gasteiger partial charge in [-0.3, -0.25) is 14.8 Å². The van der Waals surface area contributed by atoms with Crippen LogP contribution < -0.4 is 0 Å². The van der Waals surface area contributed by atoms with Crippen LogP contribution in [0.1, 0.15) is 16.1 Å². The van der Waals surface area contributed by atoms with Crippen molar-refractivity contribution < 1.29 is 4.79 Å². The lowest BCUT2D eigenvalue weighted by atomic mass is 10.1. The first kappa shape index (κ1) is 15.8. The highest BCUT2D eigenvalue weighted by atomic mass is 16.2. The van der Waals surface area contributed by atoms with E-state index in [-0.39, 0.29) is 5.91 Å². The van der Waals surface area contributed by atoms with Crippen LogP contribution in [-0.4, -0.2) is 39.4 Å². The molecular formula is C22H18N4O. The summed E-state index contributed by atoms with van der Waals surface area (Å²) in [6.45, 7) is 0.746. The summed E-state index contributed by atoms with van der Waals surface area (Å²) in [5.74, 6) is 0.0757. The molecule has 5 nitrogen and oxygen atoms in total. The van der Waals surface area contributed by atoms with Crippen LogP contribution in [0.2, 0.25) is 0 Å². The number of aromatic nitrogens is 3. The smallest absolute Gasteiger partial charge is 0.255 e. The number of fused-ring (bicyclic) bond motifs is 2. The zero-order valence-corrected chi connectivity index (χ0v) is 14.9. The van der Waals surface area contributed by atoms with Gasteiger partial charge in [0.1, 0.15) is 0 Å². The number of benzene rings is 1. The molecule has 4 aromatic rings. The number of rotatable bonds is 2. The summed E-state index contributed by atoms with van der Waals surface area (Å²) in [7, 11) is 1.84. The molecule has 1 aliphatic rings. The van der Waals surface area contributed by atoms with Gasteiger partial charge < -0.3 is 9.88 Å². The van der Waals surface area contributed by atoms with Gasteiger partial charge in [0.25, 0.3) is 5.91 Å². The summed E-state index contributed by atoms with van der Waals surface area (Å²) in [5, 5.41) is 1.09. The van der Waals surface area contributed by atoms with E-state index in [1.807, 2.05) is 49.6 Å². The maximum atomic E-state index is 12.4. The minimum atomic E-state index is 0.0757. The standard InChI is InChI=1S/C22H18N4O/c1-26-9-7-19-17(22(26)27)12-21(25-19)15-6-8-23-20(11-15)16-10-14-4-2-3-5-18(14)24-13-16/h2-6,8,10-13,25H,7,9H2,1H3. The Morgan fingerprint density at radius 2 is 1.93 bits per heavy atom. The van der Waals surface area contributed by atoms with Crippen molar-refractivity contribution in [2.75, 3.05) is 13.6 Å². The molecule has 0 saturated carbocycles. The van der Waals surface area contributed by atoms with E-state index in [1.165, 1.54) is 0 Å². The Morgan fingerprint density at radius 3 is 2.85 bits per heavy atom. The van der Waals surface area contributed by atoms with Gasteiger partial charge in [-0.05, 0) is 30.3 Å². The molecule has 0 spiro atoms. The van der Waals surface area contributed by atoms with Crippen LogP contribution >= 0.6 is 0 Å². The lowest BCUT2D eigenvalue weighted by Gasteiger charge is -2.21. The lowest BCUT2D eigenvalue weighted by molar-refractivity contribution is 0.0780. The molecule has 0 aliphatic carbocycles. The zero-order chi connectivity index (χ0) is 18.4. The molecule has 1 aromatic carbocycles. The van der Waals surface area contributed by atoms with Gasteiger partial charge >= 0.3 is 0 Å². The van der Waals surface area contributed by atoms with Crippen LogP contribution in [0.15, 0.2) is 60.9 Å². The second-order valence-electron chi connectivity index (χ2n) is 6.90. The van der Waals surface area contributed by atoms with E-state index in [0.29, 0.717) is 0 Å². The average molecular weight is 354 g/mol. The Balaban J connectivity index is 1.56. The summed E-state index contributed by atoms with van der Waals surface area (Å²) < 4.78 is 0. The summed E-state index contributed by atoms with van der Waals surface area (Å²) in [5.41, 5.74) is 6.55. The van der Waals surface area contributed by atoms with Crippen LogP contribution in [-0.2, 0) is 6.42 Å². The first-order valence-electron chi connectivity index (χ1n) is 8.98. The number of H-pyrrole nitrogens is 1. The number of amides is 1. The van der Waals surface area contributed by atoms with Gasteiger partial charge in [-0.1, -0.05) is 18.2 Å². The minimum Gasteiger partial charge on any atom is -0.358 e.